The van der Waals surface area contributed by atoms with Crippen LogP contribution in [0.2, 0.25) is 5.02 Å². The zero-order valence-corrected chi connectivity index (χ0v) is 14.6. The summed E-state index contributed by atoms with van der Waals surface area (Å²) in [5.41, 5.74) is 1.51. The standard InChI is InChI=1S/C18H21ClN2O4/c19-17-4-2-1-3-14(17)11-24-12-16-7-15(21-25-16)8-18(22)20-9-13-5-6-23-10-13/h1-4,7,13H,5-6,8-12H2,(H,20,22). The highest BCUT2D eigenvalue weighted by Crippen LogP contribution is 2.17. The monoisotopic (exact) mass is 364 g/mol. The van der Waals surface area contributed by atoms with Gasteiger partial charge in [0.1, 0.15) is 6.61 Å². The lowest BCUT2D eigenvalue weighted by molar-refractivity contribution is -0.120. The van der Waals surface area contributed by atoms with Crippen molar-refractivity contribution in [3.63, 3.8) is 0 Å². The SMILES string of the molecule is O=C(Cc1cc(COCc2ccccc2Cl)on1)NCC1CCOC1. The number of nitrogens with one attached hydrogen (secondary N) is 1. The molecule has 1 N–H and O–H groups in total. The number of rotatable bonds is 8. The Morgan fingerprint density at radius 1 is 1.36 bits per heavy atom. The van der Waals surface area contributed by atoms with Crippen LogP contribution in [0.3, 0.4) is 0 Å². The van der Waals surface area contributed by atoms with Gasteiger partial charge in [0.25, 0.3) is 0 Å². The Hall–Kier alpha value is -1.89. The topological polar surface area (TPSA) is 73.6 Å². The molecule has 0 saturated carbocycles. The summed E-state index contributed by atoms with van der Waals surface area (Å²) in [4.78, 5) is 11.9. The fourth-order valence-corrected chi connectivity index (χ4v) is 2.80. The lowest BCUT2D eigenvalue weighted by atomic mass is 10.1. The quantitative estimate of drug-likeness (QED) is 0.779. The van der Waals surface area contributed by atoms with Crippen LogP contribution in [0.5, 0.6) is 0 Å². The van der Waals surface area contributed by atoms with Crippen LogP contribution < -0.4 is 5.32 Å². The van der Waals surface area contributed by atoms with Crippen molar-refractivity contribution in [1.82, 2.24) is 10.5 Å². The summed E-state index contributed by atoms with van der Waals surface area (Å²) in [6.07, 6.45) is 1.19. The van der Waals surface area contributed by atoms with Gasteiger partial charge < -0.3 is 19.3 Å². The summed E-state index contributed by atoms with van der Waals surface area (Å²) in [7, 11) is 0. The highest BCUT2D eigenvalue weighted by atomic mass is 35.5. The Labute approximate surface area is 151 Å². The van der Waals surface area contributed by atoms with Crippen molar-refractivity contribution < 1.29 is 18.8 Å². The maximum Gasteiger partial charge on any atom is 0.226 e. The Kier molecular flexibility index (Phi) is 6.44. The van der Waals surface area contributed by atoms with E-state index in [1.54, 1.807) is 6.07 Å². The Morgan fingerprint density at radius 2 is 2.24 bits per heavy atom. The number of amides is 1. The van der Waals surface area contributed by atoms with E-state index < -0.39 is 0 Å². The number of aromatic nitrogens is 1. The molecule has 1 atom stereocenters. The predicted octanol–water partition coefficient (Wildman–Crippen LogP) is 2.74. The van der Waals surface area contributed by atoms with E-state index in [0.29, 0.717) is 35.5 Å². The van der Waals surface area contributed by atoms with Crippen LogP contribution in [-0.4, -0.2) is 30.8 Å². The highest BCUT2D eigenvalue weighted by Gasteiger charge is 2.17. The van der Waals surface area contributed by atoms with Crippen LogP contribution in [0.25, 0.3) is 0 Å². The average Bonchev–Trinajstić information content (AvgIpc) is 3.27. The second-order valence-electron chi connectivity index (χ2n) is 6.08. The smallest absolute Gasteiger partial charge is 0.226 e. The molecule has 1 unspecified atom stereocenters. The van der Waals surface area contributed by atoms with E-state index in [-0.39, 0.29) is 18.9 Å². The molecule has 1 aromatic heterocycles. The zero-order chi connectivity index (χ0) is 17.5. The van der Waals surface area contributed by atoms with E-state index in [0.717, 1.165) is 25.2 Å². The molecule has 25 heavy (non-hydrogen) atoms. The fourth-order valence-electron chi connectivity index (χ4n) is 2.61. The van der Waals surface area contributed by atoms with Crippen LogP contribution in [0.4, 0.5) is 0 Å². The molecule has 2 heterocycles. The Morgan fingerprint density at radius 3 is 3.04 bits per heavy atom. The second-order valence-corrected chi connectivity index (χ2v) is 6.49. The van der Waals surface area contributed by atoms with Crippen molar-refractivity contribution >= 4 is 17.5 Å². The molecule has 1 amide bonds. The zero-order valence-electron chi connectivity index (χ0n) is 13.9. The van der Waals surface area contributed by atoms with E-state index in [2.05, 4.69) is 10.5 Å². The van der Waals surface area contributed by atoms with Crippen molar-refractivity contribution in [2.24, 2.45) is 5.92 Å². The lowest BCUT2D eigenvalue weighted by Gasteiger charge is -2.08. The molecule has 7 heteroatoms. The van der Waals surface area contributed by atoms with Crippen molar-refractivity contribution in [3.05, 3.63) is 52.4 Å². The normalized spacial score (nSPS) is 16.9. The van der Waals surface area contributed by atoms with Crippen LogP contribution in [0.15, 0.2) is 34.9 Å². The van der Waals surface area contributed by atoms with E-state index in [9.17, 15) is 4.79 Å². The minimum Gasteiger partial charge on any atom is -0.381 e. The van der Waals surface area contributed by atoms with Crippen LogP contribution in [0.1, 0.15) is 23.4 Å². The first-order chi connectivity index (χ1) is 12.2. The third-order valence-corrected chi connectivity index (χ3v) is 4.39. The van der Waals surface area contributed by atoms with E-state index in [1.807, 2.05) is 24.3 Å². The summed E-state index contributed by atoms with van der Waals surface area (Å²) >= 11 is 6.08. The maximum atomic E-state index is 11.9. The van der Waals surface area contributed by atoms with Gasteiger partial charge in [-0.1, -0.05) is 35.0 Å². The molecule has 6 nitrogen and oxygen atoms in total. The van der Waals surface area contributed by atoms with Gasteiger partial charge in [-0.05, 0) is 18.1 Å². The summed E-state index contributed by atoms with van der Waals surface area (Å²) in [5.74, 6) is 0.929. The molecule has 3 rings (SSSR count). The molecule has 1 aliphatic heterocycles. The molecule has 0 bridgehead atoms. The summed E-state index contributed by atoms with van der Waals surface area (Å²) in [5, 5.41) is 7.49. The number of hydrogen-bond acceptors (Lipinski definition) is 5. The van der Waals surface area contributed by atoms with Gasteiger partial charge in [-0.2, -0.15) is 0 Å². The second kappa shape index (κ2) is 8.99. The number of carbonyl (C=O) groups is 1. The summed E-state index contributed by atoms with van der Waals surface area (Å²) in [6.45, 7) is 2.81. The molecule has 1 aliphatic rings. The van der Waals surface area contributed by atoms with Gasteiger partial charge >= 0.3 is 0 Å². The molecule has 0 radical (unpaired) electrons. The van der Waals surface area contributed by atoms with Crippen molar-refractivity contribution in [1.29, 1.82) is 0 Å². The molecule has 1 aromatic carbocycles. The van der Waals surface area contributed by atoms with Gasteiger partial charge in [0.15, 0.2) is 5.76 Å². The van der Waals surface area contributed by atoms with Gasteiger partial charge in [0, 0.05) is 30.2 Å². The van der Waals surface area contributed by atoms with Crippen LogP contribution in [-0.2, 0) is 33.9 Å². The van der Waals surface area contributed by atoms with Crippen molar-refractivity contribution in [2.75, 3.05) is 19.8 Å². The fraction of sp³-hybridized carbons (Fsp3) is 0.444. The third-order valence-electron chi connectivity index (χ3n) is 4.02. The summed E-state index contributed by atoms with van der Waals surface area (Å²) in [6, 6.07) is 9.26. The maximum absolute atomic E-state index is 11.9. The van der Waals surface area contributed by atoms with E-state index in [4.69, 9.17) is 25.6 Å². The minimum absolute atomic E-state index is 0.0660. The molecule has 1 fully saturated rings. The average molecular weight is 365 g/mol. The largest absolute Gasteiger partial charge is 0.381 e. The van der Waals surface area contributed by atoms with Gasteiger partial charge in [0.05, 0.1) is 25.3 Å². The van der Waals surface area contributed by atoms with Crippen molar-refractivity contribution in [3.8, 4) is 0 Å². The number of benzene rings is 1. The number of hydrogen-bond donors (Lipinski definition) is 1. The molecule has 134 valence electrons. The number of ether oxygens (including phenoxy) is 2. The Balaban J connectivity index is 1.39. The van der Waals surface area contributed by atoms with E-state index in [1.165, 1.54) is 0 Å². The van der Waals surface area contributed by atoms with Crippen molar-refractivity contribution in [2.45, 2.75) is 26.1 Å². The van der Waals surface area contributed by atoms with Gasteiger partial charge in [0.2, 0.25) is 5.91 Å². The molecule has 0 aliphatic carbocycles. The predicted molar refractivity (Wildman–Crippen MR) is 92.1 cm³/mol. The molecular formula is C18H21ClN2O4. The van der Waals surface area contributed by atoms with Crippen LogP contribution in [0, 0.1) is 5.92 Å². The first-order valence-electron chi connectivity index (χ1n) is 8.31. The van der Waals surface area contributed by atoms with Crippen LogP contribution >= 0.6 is 11.6 Å². The molecular weight excluding hydrogens is 344 g/mol. The molecule has 2 aromatic rings. The number of halogens is 1. The molecule has 0 spiro atoms. The first-order valence-corrected chi connectivity index (χ1v) is 8.68. The van der Waals surface area contributed by atoms with Gasteiger partial charge in [-0.15, -0.1) is 0 Å². The van der Waals surface area contributed by atoms with Gasteiger partial charge in [-0.25, -0.2) is 0 Å². The third kappa shape index (κ3) is 5.56. The Bertz CT molecular complexity index is 698. The molecule has 1 saturated heterocycles. The highest BCUT2D eigenvalue weighted by molar-refractivity contribution is 6.31. The number of carbonyl (C=O) groups excluding carboxylic acids is 1. The number of nitrogens with zero attached hydrogens (tertiary/aromatic N) is 1. The van der Waals surface area contributed by atoms with E-state index >= 15 is 0 Å². The first kappa shape index (κ1) is 17.9. The lowest BCUT2D eigenvalue weighted by Crippen LogP contribution is -2.30. The summed E-state index contributed by atoms with van der Waals surface area (Å²) < 4.78 is 16.1. The minimum atomic E-state index is -0.0660. The van der Waals surface area contributed by atoms with Gasteiger partial charge in [-0.3, -0.25) is 4.79 Å².